The van der Waals surface area contributed by atoms with E-state index in [2.05, 4.69) is 25.9 Å². The van der Waals surface area contributed by atoms with Crippen molar-refractivity contribution in [2.24, 2.45) is 0 Å². The normalized spacial score (nSPS) is 10.3. The standard InChI is InChI=1S/C17H11BrN2O2S/c18-15-14(9-5-10-19-15)22-17(21)13-8-4-11-20-16(13)23-12-6-2-1-3-7-12/h1-11H. The molecule has 0 aliphatic carbocycles. The van der Waals surface area contributed by atoms with E-state index in [1.807, 2.05) is 30.3 Å². The van der Waals surface area contributed by atoms with Gasteiger partial charge in [0.15, 0.2) is 5.75 Å². The molecule has 0 saturated heterocycles. The number of rotatable bonds is 4. The summed E-state index contributed by atoms with van der Waals surface area (Å²) in [4.78, 5) is 21.8. The van der Waals surface area contributed by atoms with Crippen molar-refractivity contribution in [1.82, 2.24) is 9.97 Å². The van der Waals surface area contributed by atoms with Gasteiger partial charge in [-0.2, -0.15) is 0 Å². The number of hydrogen-bond acceptors (Lipinski definition) is 5. The molecule has 23 heavy (non-hydrogen) atoms. The second-order valence-electron chi connectivity index (χ2n) is 4.45. The van der Waals surface area contributed by atoms with E-state index in [4.69, 9.17) is 4.74 Å². The number of ether oxygens (including phenoxy) is 1. The largest absolute Gasteiger partial charge is 0.420 e. The van der Waals surface area contributed by atoms with Gasteiger partial charge in [-0.05, 0) is 52.3 Å². The predicted molar refractivity (Wildman–Crippen MR) is 91.7 cm³/mol. The van der Waals surface area contributed by atoms with E-state index in [0.29, 0.717) is 20.9 Å². The highest BCUT2D eigenvalue weighted by Gasteiger charge is 2.17. The van der Waals surface area contributed by atoms with Gasteiger partial charge in [-0.3, -0.25) is 0 Å². The molecule has 0 aliphatic rings. The average Bonchev–Trinajstić information content (AvgIpc) is 2.58. The summed E-state index contributed by atoms with van der Waals surface area (Å²) >= 11 is 4.68. The van der Waals surface area contributed by atoms with Gasteiger partial charge >= 0.3 is 5.97 Å². The zero-order valence-corrected chi connectivity index (χ0v) is 14.3. The maximum atomic E-state index is 12.5. The van der Waals surface area contributed by atoms with Crippen LogP contribution in [0.15, 0.2) is 81.5 Å². The van der Waals surface area contributed by atoms with Crippen LogP contribution in [0.2, 0.25) is 0 Å². The van der Waals surface area contributed by atoms with Crippen molar-refractivity contribution in [1.29, 1.82) is 0 Å². The lowest BCUT2D eigenvalue weighted by Crippen LogP contribution is -2.11. The fourth-order valence-corrected chi connectivity index (χ4v) is 3.05. The fraction of sp³-hybridized carbons (Fsp3) is 0. The van der Waals surface area contributed by atoms with Crippen LogP contribution in [-0.2, 0) is 0 Å². The smallest absolute Gasteiger partial charge is 0.346 e. The van der Waals surface area contributed by atoms with Crippen molar-refractivity contribution in [3.05, 3.63) is 77.2 Å². The minimum atomic E-state index is -0.467. The highest BCUT2D eigenvalue weighted by molar-refractivity contribution is 9.10. The van der Waals surface area contributed by atoms with Gasteiger partial charge in [-0.25, -0.2) is 14.8 Å². The van der Waals surface area contributed by atoms with Gasteiger partial charge < -0.3 is 4.74 Å². The third kappa shape index (κ3) is 3.97. The third-order valence-electron chi connectivity index (χ3n) is 2.88. The Kier molecular flexibility index (Phi) is 5.05. The number of carbonyl (C=O) groups excluding carboxylic acids is 1. The second kappa shape index (κ2) is 7.39. The van der Waals surface area contributed by atoms with Crippen molar-refractivity contribution in [3.8, 4) is 5.75 Å². The van der Waals surface area contributed by atoms with E-state index < -0.39 is 5.97 Å². The first-order valence-electron chi connectivity index (χ1n) is 6.74. The Hall–Kier alpha value is -2.18. The molecule has 0 bridgehead atoms. The Bertz CT molecular complexity index is 828. The Morgan fingerprint density at radius 2 is 1.70 bits per heavy atom. The molecule has 3 rings (SSSR count). The molecule has 4 nitrogen and oxygen atoms in total. The quantitative estimate of drug-likeness (QED) is 0.484. The molecule has 0 N–H and O–H groups in total. The third-order valence-corrected chi connectivity index (χ3v) is 4.50. The molecule has 0 unspecified atom stereocenters. The summed E-state index contributed by atoms with van der Waals surface area (Å²) in [6.07, 6.45) is 3.27. The highest BCUT2D eigenvalue weighted by Crippen LogP contribution is 2.29. The monoisotopic (exact) mass is 386 g/mol. The number of nitrogens with zero attached hydrogens (tertiary/aromatic N) is 2. The first-order valence-corrected chi connectivity index (χ1v) is 8.35. The van der Waals surface area contributed by atoms with Crippen molar-refractivity contribution >= 4 is 33.7 Å². The van der Waals surface area contributed by atoms with Gasteiger partial charge in [0, 0.05) is 17.3 Å². The van der Waals surface area contributed by atoms with Crippen LogP contribution in [0.5, 0.6) is 5.75 Å². The van der Waals surface area contributed by atoms with Crippen LogP contribution in [0.1, 0.15) is 10.4 Å². The van der Waals surface area contributed by atoms with Gasteiger partial charge in [0.2, 0.25) is 0 Å². The molecule has 2 aromatic heterocycles. The van der Waals surface area contributed by atoms with Crippen LogP contribution in [0, 0.1) is 0 Å². The molecular weight excluding hydrogens is 376 g/mol. The van der Waals surface area contributed by atoms with Gasteiger partial charge in [0.25, 0.3) is 0 Å². The van der Waals surface area contributed by atoms with Crippen LogP contribution in [0.4, 0.5) is 0 Å². The zero-order valence-electron chi connectivity index (χ0n) is 11.8. The molecule has 114 valence electrons. The summed E-state index contributed by atoms with van der Waals surface area (Å²) in [5, 5.41) is 0.601. The number of esters is 1. The lowest BCUT2D eigenvalue weighted by atomic mass is 10.3. The number of benzene rings is 1. The number of halogens is 1. The Morgan fingerprint density at radius 3 is 2.48 bits per heavy atom. The van der Waals surface area contributed by atoms with Crippen molar-refractivity contribution in [3.63, 3.8) is 0 Å². The van der Waals surface area contributed by atoms with Gasteiger partial charge in [-0.15, -0.1) is 0 Å². The molecule has 6 heteroatoms. The van der Waals surface area contributed by atoms with Crippen molar-refractivity contribution in [2.75, 3.05) is 0 Å². The lowest BCUT2D eigenvalue weighted by Gasteiger charge is -2.08. The first kappa shape index (κ1) is 15.7. The van der Waals surface area contributed by atoms with E-state index in [1.54, 1.807) is 36.7 Å². The summed E-state index contributed by atoms with van der Waals surface area (Å²) in [7, 11) is 0. The van der Waals surface area contributed by atoms with E-state index in [1.165, 1.54) is 11.8 Å². The molecule has 0 fully saturated rings. The van der Waals surface area contributed by atoms with E-state index in [0.717, 1.165) is 4.90 Å². The van der Waals surface area contributed by atoms with Gasteiger partial charge in [-0.1, -0.05) is 30.0 Å². The number of aromatic nitrogens is 2. The Morgan fingerprint density at radius 1 is 0.957 bits per heavy atom. The fourth-order valence-electron chi connectivity index (χ4n) is 1.83. The van der Waals surface area contributed by atoms with Crippen LogP contribution in [-0.4, -0.2) is 15.9 Å². The summed E-state index contributed by atoms with van der Waals surface area (Å²) in [6, 6.07) is 16.5. The van der Waals surface area contributed by atoms with E-state index in [9.17, 15) is 4.79 Å². The Balaban J connectivity index is 1.85. The number of pyridine rings is 2. The summed E-state index contributed by atoms with van der Waals surface area (Å²) in [6.45, 7) is 0. The summed E-state index contributed by atoms with van der Waals surface area (Å²) in [5.41, 5.74) is 0.414. The SMILES string of the molecule is O=C(Oc1cccnc1Br)c1cccnc1Sc1ccccc1. The molecule has 0 amide bonds. The number of hydrogen-bond donors (Lipinski definition) is 0. The molecule has 0 radical (unpaired) electrons. The van der Waals surface area contributed by atoms with Crippen LogP contribution in [0.25, 0.3) is 0 Å². The van der Waals surface area contributed by atoms with E-state index in [-0.39, 0.29) is 0 Å². The lowest BCUT2D eigenvalue weighted by molar-refractivity contribution is 0.0728. The van der Waals surface area contributed by atoms with Crippen LogP contribution in [0.3, 0.4) is 0 Å². The minimum absolute atomic E-state index is 0.372. The highest BCUT2D eigenvalue weighted by atomic mass is 79.9. The van der Waals surface area contributed by atoms with Crippen LogP contribution < -0.4 is 4.74 Å². The summed E-state index contributed by atoms with van der Waals surface area (Å²) in [5.74, 6) is -0.0951. The molecule has 0 spiro atoms. The summed E-state index contributed by atoms with van der Waals surface area (Å²) < 4.78 is 5.89. The maximum Gasteiger partial charge on any atom is 0.346 e. The van der Waals surface area contributed by atoms with Gasteiger partial charge in [0.1, 0.15) is 9.63 Å². The van der Waals surface area contributed by atoms with Crippen molar-refractivity contribution in [2.45, 2.75) is 9.92 Å². The zero-order chi connectivity index (χ0) is 16.1. The topological polar surface area (TPSA) is 52.1 Å². The molecule has 0 saturated carbocycles. The minimum Gasteiger partial charge on any atom is -0.420 e. The molecule has 0 atom stereocenters. The molecule has 1 aromatic carbocycles. The predicted octanol–water partition coefficient (Wildman–Crippen LogP) is 4.61. The maximum absolute atomic E-state index is 12.5. The van der Waals surface area contributed by atoms with Crippen LogP contribution >= 0.6 is 27.7 Å². The number of carbonyl (C=O) groups is 1. The molecular formula is C17H11BrN2O2S. The first-order chi connectivity index (χ1) is 11.2. The Labute approximate surface area is 146 Å². The van der Waals surface area contributed by atoms with Crippen molar-refractivity contribution < 1.29 is 9.53 Å². The average molecular weight is 387 g/mol. The molecule has 3 aromatic rings. The van der Waals surface area contributed by atoms with Gasteiger partial charge in [0.05, 0.1) is 5.56 Å². The van der Waals surface area contributed by atoms with E-state index >= 15 is 0 Å². The molecule has 2 heterocycles. The second-order valence-corrected chi connectivity index (χ2v) is 6.27. The molecule has 0 aliphatic heterocycles.